The third-order valence-corrected chi connectivity index (χ3v) is 6.82. The van der Waals surface area contributed by atoms with Crippen LogP contribution in [0.4, 0.5) is 5.69 Å². The van der Waals surface area contributed by atoms with Gasteiger partial charge in [-0.25, -0.2) is 0 Å². The van der Waals surface area contributed by atoms with Gasteiger partial charge in [-0.2, -0.15) is 0 Å². The van der Waals surface area contributed by atoms with Crippen LogP contribution in [-0.2, 0) is 6.54 Å². The lowest BCUT2D eigenvalue weighted by atomic mass is 10.1. The molecule has 3 aromatic carbocycles. The molecule has 2 N–H and O–H groups in total. The van der Waals surface area contributed by atoms with Gasteiger partial charge in [0, 0.05) is 17.3 Å². The molecule has 2 aliphatic rings. The molecule has 5 rings (SSSR count). The van der Waals surface area contributed by atoms with Crippen molar-refractivity contribution in [1.82, 2.24) is 10.2 Å². The average Bonchev–Trinajstić information content (AvgIpc) is 3.51. The standard InChI is InChI=1S/C29H27N3O5/c1-37-25-15-10-18(17-32-28(35)22-8-4-5-9-23(22)29(32)36)16-24(25)27(34)31-21-13-11-19(12-14-21)26(33)30-20-6-2-3-7-20/h4-5,8-16,20H,2-3,6-7,17H2,1H3,(H,30,33)(H,31,34). The van der Waals surface area contributed by atoms with E-state index in [1.807, 2.05) is 0 Å². The molecule has 0 bridgehead atoms. The Morgan fingerprint density at radius 1 is 0.892 bits per heavy atom. The van der Waals surface area contributed by atoms with Crippen molar-refractivity contribution in [2.75, 3.05) is 12.4 Å². The molecule has 4 amide bonds. The molecule has 0 spiro atoms. The molecule has 0 aromatic heterocycles. The summed E-state index contributed by atoms with van der Waals surface area (Å²) in [4.78, 5) is 52.2. The van der Waals surface area contributed by atoms with Crippen LogP contribution in [0.3, 0.4) is 0 Å². The van der Waals surface area contributed by atoms with Gasteiger partial charge in [-0.1, -0.05) is 31.0 Å². The molecule has 1 fully saturated rings. The predicted molar refractivity (Wildman–Crippen MR) is 138 cm³/mol. The topological polar surface area (TPSA) is 105 Å². The second kappa shape index (κ2) is 10.3. The molecular formula is C29H27N3O5. The quantitative estimate of drug-likeness (QED) is 0.471. The maximum Gasteiger partial charge on any atom is 0.261 e. The van der Waals surface area contributed by atoms with Crippen molar-refractivity contribution in [3.63, 3.8) is 0 Å². The Morgan fingerprint density at radius 2 is 1.54 bits per heavy atom. The molecule has 0 unspecified atom stereocenters. The summed E-state index contributed by atoms with van der Waals surface area (Å²) in [6.45, 7) is 0.0292. The van der Waals surface area contributed by atoms with Crippen molar-refractivity contribution >= 4 is 29.3 Å². The number of anilines is 1. The number of amides is 4. The van der Waals surface area contributed by atoms with Gasteiger partial charge in [-0.15, -0.1) is 0 Å². The largest absolute Gasteiger partial charge is 0.496 e. The van der Waals surface area contributed by atoms with E-state index in [1.54, 1.807) is 66.7 Å². The van der Waals surface area contributed by atoms with Crippen molar-refractivity contribution < 1.29 is 23.9 Å². The van der Waals surface area contributed by atoms with E-state index >= 15 is 0 Å². The first kappa shape index (κ1) is 24.2. The highest BCUT2D eigenvalue weighted by Gasteiger charge is 2.35. The molecule has 37 heavy (non-hydrogen) atoms. The van der Waals surface area contributed by atoms with Crippen molar-refractivity contribution in [2.24, 2.45) is 0 Å². The van der Waals surface area contributed by atoms with E-state index in [9.17, 15) is 19.2 Å². The number of ether oxygens (including phenoxy) is 1. The predicted octanol–water partition coefficient (Wildman–Crippen LogP) is 4.42. The number of benzene rings is 3. The lowest BCUT2D eigenvalue weighted by Crippen LogP contribution is -2.32. The van der Waals surface area contributed by atoms with Gasteiger partial charge in [-0.3, -0.25) is 24.1 Å². The number of nitrogens with one attached hydrogen (secondary N) is 2. The highest BCUT2D eigenvalue weighted by atomic mass is 16.5. The molecule has 1 heterocycles. The molecule has 3 aromatic rings. The zero-order valence-corrected chi connectivity index (χ0v) is 20.5. The summed E-state index contributed by atoms with van der Waals surface area (Å²) in [5, 5.41) is 5.88. The van der Waals surface area contributed by atoms with E-state index in [0.29, 0.717) is 33.7 Å². The smallest absolute Gasteiger partial charge is 0.261 e. The van der Waals surface area contributed by atoms with Gasteiger partial charge in [0.05, 0.1) is 30.3 Å². The molecule has 0 radical (unpaired) electrons. The van der Waals surface area contributed by atoms with Crippen LogP contribution in [0.5, 0.6) is 5.75 Å². The first-order valence-corrected chi connectivity index (χ1v) is 12.3. The number of carbonyl (C=O) groups is 4. The van der Waals surface area contributed by atoms with Crippen LogP contribution in [0, 0.1) is 0 Å². The SMILES string of the molecule is COc1ccc(CN2C(=O)c3ccccc3C2=O)cc1C(=O)Nc1ccc(C(=O)NC2CCCC2)cc1. The molecule has 0 atom stereocenters. The fourth-order valence-electron chi connectivity index (χ4n) is 4.84. The van der Waals surface area contributed by atoms with E-state index in [1.165, 1.54) is 12.0 Å². The van der Waals surface area contributed by atoms with Gasteiger partial charge < -0.3 is 15.4 Å². The normalized spacial score (nSPS) is 15.0. The number of hydrogen-bond donors (Lipinski definition) is 2. The van der Waals surface area contributed by atoms with E-state index in [0.717, 1.165) is 25.7 Å². The van der Waals surface area contributed by atoms with Gasteiger partial charge in [-0.05, 0) is 66.9 Å². The number of fused-ring (bicyclic) bond motifs is 1. The number of hydrogen-bond acceptors (Lipinski definition) is 5. The van der Waals surface area contributed by atoms with Gasteiger partial charge in [0.15, 0.2) is 0 Å². The molecule has 1 aliphatic heterocycles. The Labute approximate surface area is 214 Å². The Balaban J connectivity index is 1.29. The van der Waals surface area contributed by atoms with Gasteiger partial charge in [0.1, 0.15) is 5.75 Å². The average molecular weight is 498 g/mol. The van der Waals surface area contributed by atoms with Crippen molar-refractivity contribution in [2.45, 2.75) is 38.3 Å². The fraction of sp³-hybridized carbons (Fsp3) is 0.241. The second-order valence-electron chi connectivity index (χ2n) is 9.26. The number of rotatable bonds is 7. The van der Waals surface area contributed by atoms with Crippen LogP contribution >= 0.6 is 0 Å². The van der Waals surface area contributed by atoms with Gasteiger partial charge in [0.25, 0.3) is 23.6 Å². The van der Waals surface area contributed by atoms with Crippen molar-refractivity contribution in [1.29, 1.82) is 0 Å². The highest BCUT2D eigenvalue weighted by molar-refractivity contribution is 6.21. The zero-order valence-electron chi connectivity index (χ0n) is 20.5. The van der Waals surface area contributed by atoms with Gasteiger partial charge in [0.2, 0.25) is 0 Å². The summed E-state index contributed by atoms with van der Waals surface area (Å²) in [6.07, 6.45) is 4.29. The maximum atomic E-state index is 13.1. The second-order valence-corrected chi connectivity index (χ2v) is 9.26. The fourth-order valence-corrected chi connectivity index (χ4v) is 4.84. The molecule has 1 aliphatic carbocycles. The number of nitrogens with zero attached hydrogens (tertiary/aromatic N) is 1. The summed E-state index contributed by atoms with van der Waals surface area (Å²) in [6, 6.07) is 18.6. The summed E-state index contributed by atoms with van der Waals surface area (Å²) in [7, 11) is 1.47. The molecule has 8 nitrogen and oxygen atoms in total. The monoisotopic (exact) mass is 497 g/mol. The first-order chi connectivity index (χ1) is 17.9. The van der Waals surface area contributed by atoms with E-state index in [-0.39, 0.29) is 35.9 Å². The van der Waals surface area contributed by atoms with Crippen molar-refractivity contribution in [3.05, 3.63) is 94.5 Å². The molecule has 1 saturated carbocycles. The highest BCUT2D eigenvalue weighted by Crippen LogP contribution is 2.27. The number of methoxy groups -OCH3 is 1. The van der Waals surface area contributed by atoms with Crippen LogP contribution < -0.4 is 15.4 Å². The molecule has 8 heteroatoms. The summed E-state index contributed by atoms with van der Waals surface area (Å²) < 4.78 is 5.37. The Morgan fingerprint density at radius 3 is 2.16 bits per heavy atom. The van der Waals surface area contributed by atoms with Crippen LogP contribution in [0.25, 0.3) is 0 Å². The summed E-state index contributed by atoms with van der Waals surface area (Å²) in [5.74, 6) is -0.897. The third kappa shape index (κ3) is 4.95. The van der Waals surface area contributed by atoms with E-state index < -0.39 is 5.91 Å². The van der Waals surface area contributed by atoms with Crippen LogP contribution in [0.15, 0.2) is 66.7 Å². The van der Waals surface area contributed by atoms with Gasteiger partial charge >= 0.3 is 0 Å². The molecule has 188 valence electrons. The third-order valence-electron chi connectivity index (χ3n) is 6.82. The van der Waals surface area contributed by atoms with Crippen molar-refractivity contribution in [3.8, 4) is 5.75 Å². The Hall–Kier alpha value is -4.46. The van der Waals surface area contributed by atoms with E-state index in [4.69, 9.17) is 4.74 Å². The lowest BCUT2D eigenvalue weighted by molar-refractivity contribution is 0.0641. The first-order valence-electron chi connectivity index (χ1n) is 12.3. The molecular weight excluding hydrogens is 470 g/mol. The Kier molecular flexibility index (Phi) is 6.72. The molecule has 0 saturated heterocycles. The minimum Gasteiger partial charge on any atom is -0.496 e. The summed E-state index contributed by atoms with van der Waals surface area (Å²) >= 11 is 0. The minimum absolute atomic E-state index is 0.0292. The lowest BCUT2D eigenvalue weighted by Gasteiger charge is -2.16. The minimum atomic E-state index is -0.413. The van der Waals surface area contributed by atoms with Crippen LogP contribution in [-0.4, -0.2) is 41.7 Å². The zero-order chi connectivity index (χ0) is 25.9. The summed E-state index contributed by atoms with van der Waals surface area (Å²) in [5.41, 5.74) is 2.68. The maximum absolute atomic E-state index is 13.1. The van der Waals surface area contributed by atoms with Crippen LogP contribution in [0.2, 0.25) is 0 Å². The van der Waals surface area contributed by atoms with Crippen LogP contribution in [0.1, 0.15) is 72.7 Å². The number of carbonyl (C=O) groups excluding carboxylic acids is 4. The number of imide groups is 1. The Bertz CT molecular complexity index is 1340. The van der Waals surface area contributed by atoms with E-state index in [2.05, 4.69) is 10.6 Å².